The van der Waals surface area contributed by atoms with Gasteiger partial charge in [0.25, 0.3) is 0 Å². The van der Waals surface area contributed by atoms with Crippen LogP contribution in [0, 0.1) is 0 Å². The minimum absolute atomic E-state index is 0.0953. The summed E-state index contributed by atoms with van der Waals surface area (Å²) in [5.74, 6) is 1.14. The van der Waals surface area contributed by atoms with Crippen LogP contribution in [0.5, 0.6) is 11.5 Å². The number of methoxy groups -OCH3 is 1. The Kier molecular flexibility index (Phi) is 6.30. The van der Waals surface area contributed by atoms with Crippen molar-refractivity contribution in [1.29, 1.82) is 0 Å². The number of benzene rings is 2. The van der Waals surface area contributed by atoms with Gasteiger partial charge in [-0.3, -0.25) is 0 Å². The van der Waals surface area contributed by atoms with Gasteiger partial charge in [-0.15, -0.1) is 0 Å². The largest absolute Gasteiger partial charge is 0.493 e. The van der Waals surface area contributed by atoms with Crippen molar-refractivity contribution in [1.82, 2.24) is 9.97 Å². The monoisotopic (exact) mass is 445 g/mol. The second kappa shape index (κ2) is 8.88. The summed E-state index contributed by atoms with van der Waals surface area (Å²) in [4.78, 5) is 21.1. The maximum Gasteiger partial charge on any atom is 0.338 e. The normalized spacial score (nSPS) is 10.7. The topological polar surface area (TPSA) is 96.6 Å². The molecule has 0 aliphatic rings. The fourth-order valence-corrected chi connectivity index (χ4v) is 3.17. The van der Waals surface area contributed by atoms with Crippen molar-refractivity contribution in [3.8, 4) is 11.5 Å². The molecule has 1 heterocycles. The number of hydrogen-bond acceptors (Lipinski definition) is 7. The van der Waals surface area contributed by atoms with Crippen LogP contribution < -0.4 is 15.2 Å². The van der Waals surface area contributed by atoms with Crippen LogP contribution in [-0.4, -0.2) is 29.7 Å². The maximum atomic E-state index is 12.5. The molecule has 0 spiro atoms. The summed E-state index contributed by atoms with van der Waals surface area (Å²) in [6.45, 7) is 2.45. The van der Waals surface area contributed by atoms with Crippen LogP contribution >= 0.6 is 15.9 Å². The first-order valence-electron chi connectivity index (χ1n) is 8.72. The Bertz CT molecular complexity index is 1010. The second-order valence-electron chi connectivity index (χ2n) is 5.96. The molecule has 3 aromatic rings. The smallest absolute Gasteiger partial charge is 0.338 e. The number of aromatic nitrogens is 2. The fourth-order valence-electron chi connectivity index (χ4n) is 2.61. The summed E-state index contributed by atoms with van der Waals surface area (Å²) in [6.07, 6.45) is 0.855. The maximum absolute atomic E-state index is 12.5. The lowest BCUT2D eigenvalue weighted by Crippen LogP contribution is -2.09. The third-order valence-corrected chi connectivity index (χ3v) is 4.52. The van der Waals surface area contributed by atoms with Crippen LogP contribution in [0.2, 0.25) is 0 Å². The molecule has 0 unspecified atom stereocenters. The van der Waals surface area contributed by atoms with Crippen molar-refractivity contribution in [2.45, 2.75) is 20.0 Å². The standard InChI is InChI=1S/C20H20BrN3O4/c1-3-8-27-18-14(21)9-12(10-16(18)26-2)20(25)28-11-17-23-15-7-5-4-6-13(15)19(22)24-17/h4-7,9-10H,3,8,11H2,1-2H3,(H2,22,23,24). The highest BCUT2D eigenvalue weighted by molar-refractivity contribution is 9.10. The highest BCUT2D eigenvalue weighted by Gasteiger charge is 2.17. The summed E-state index contributed by atoms with van der Waals surface area (Å²) in [5, 5.41) is 0.758. The van der Waals surface area contributed by atoms with Crippen molar-refractivity contribution in [3.63, 3.8) is 0 Å². The third kappa shape index (κ3) is 4.33. The predicted octanol–water partition coefficient (Wildman–Crippen LogP) is 4.13. The number of nitrogens with two attached hydrogens (primary N) is 1. The van der Waals surface area contributed by atoms with Crippen molar-refractivity contribution in [2.75, 3.05) is 19.5 Å². The molecule has 28 heavy (non-hydrogen) atoms. The molecule has 0 fully saturated rings. The zero-order chi connectivity index (χ0) is 20.1. The molecule has 0 bridgehead atoms. The number of rotatable bonds is 7. The van der Waals surface area contributed by atoms with E-state index in [2.05, 4.69) is 25.9 Å². The van der Waals surface area contributed by atoms with E-state index in [-0.39, 0.29) is 6.61 Å². The van der Waals surface area contributed by atoms with E-state index in [1.807, 2.05) is 31.2 Å². The molecule has 3 rings (SSSR count). The Morgan fingerprint density at radius 2 is 2.00 bits per heavy atom. The molecule has 1 aromatic heterocycles. The number of carbonyl (C=O) groups is 1. The van der Waals surface area contributed by atoms with Crippen molar-refractivity contribution in [3.05, 3.63) is 52.3 Å². The van der Waals surface area contributed by atoms with Gasteiger partial charge in [0.05, 0.1) is 29.3 Å². The number of anilines is 1. The molecule has 0 amide bonds. The zero-order valence-corrected chi connectivity index (χ0v) is 17.2. The Hall–Kier alpha value is -2.87. The summed E-state index contributed by atoms with van der Waals surface area (Å²) < 4.78 is 17.0. The van der Waals surface area contributed by atoms with E-state index in [0.29, 0.717) is 45.3 Å². The van der Waals surface area contributed by atoms with Crippen LogP contribution in [0.4, 0.5) is 5.82 Å². The van der Waals surface area contributed by atoms with Crippen LogP contribution in [-0.2, 0) is 11.3 Å². The molecule has 146 valence electrons. The van der Waals surface area contributed by atoms with Crippen LogP contribution in [0.1, 0.15) is 29.5 Å². The second-order valence-corrected chi connectivity index (χ2v) is 6.81. The van der Waals surface area contributed by atoms with Crippen molar-refractivity contribution < 1.29 is 19.0 Å². The minimum Gasteiger partial charge on any atom is -0.493 e. The first kappa shape index (κ1) is 19.9. The molecule has 0 aliphatic carbocycles. The summed E-state index contributed by atoms with van der Waals surface area (Å²) in [6, 6.07) is 10.6. The van der Waals surface area contributed by atoms with E-state index < -0.39 is 5.97 Å². The van der Waals surface area contributed by atoms with Gasteiger partial charge in [0.1, 0.15) is 5.82 Å². The Morgan fingerprint density at radius 3 is 2.75 bits per heavy atom. The summed E-state index contributed by atoms with van der Waals surface area (Å²) in [7, 11) is 1.52. The van der Waals surface area contributed by atoms with Gasteiger partial charge in [0, 0.05) is 5.39 Å². The summed E-state index contributed by atoms with van der Waals surface area (Å²) in [5.41, 5.74) is 6.98. The third-order valence-electron chi connectivity index (χ3n) is 3.93. The number of nitrogens with zero attached hydrogens (tertiary/aromatic N) is 2. The van der Waals surface area contributed by atoms with Gasteiger partial charge in [-0.1, -0.05) is 19.1 Å². The molecule has 2 aromatic carbocycles. The molecule has 2 N–H and O–H groups in total. The highest BCUT2D eigenvalue weighted by atomic mass is 79.9. The molecule has 0 saturated carbocycles. The molecule has 0 atom stereocenters. The van der Waals surface area contributed by atoms with Crippen LogP contribution in [0.15, 0.2) is 40.9 Å². The molecular weight excluding hydrogens is 426 g/mol. The number of esters is 1. The number of nitrogen functional groups attached to an aromatic ring is 1. The van der Waals surface area contributed by atoms with Crippen LogP contribution in [0.3, 0.4) is 0 Å². The Morgan fingerprint density at radius 1 is 1.21 bits per heavy atom. The minimum atomic E-state index is -0.531. The average molecular weight is 446 g/mol. The van der Waals surface area contributed by atoms with E-state index in [0.717, 1.165) is 11.8 Å². The van der Waals surface area contributed by atoms with E-state index in [1.54, 1.807) is 12.1 Å². The molecule has 0 radical (unpaired) electrons. The average Bonchev–Trinajstić information content (AvgIpc) is 2.70. The molecule has 8 heteroatoms. The van der Waals surface area contributed by atoms with Crippen molar-refractivity contribution >= 4 is 38.6 Å². The predicted molar refractivity (Wildman–Crippen MR) is 110 cm³/mol. The van der Waals surface area contributed by atoms with E-state index in [4.69, 9.17) is 19.9 Å². The van der Waals surface area contributed by atoms with Gasteiger partial charge in [0.2, 0.25) is 0 Å². The van der Waals surface area contributed by atoms with Gasteiger partial charge in [-0.05, 0) is 46.6 Å². The Labute approximate surface area is 171 Å². The summed E-state index contributed by atoms with van der Waals surface area (Å²) >= 11 is 3.42. The zero-order valence-electron chi connectivity index (χ0n) is 15.6. The lowest BCUT2D eigenvalue weighted by molar-refractivity contribution is 0.0462. The first-order valence-corrected chi connectivity index (χ1v) is 9.51. The van der Waals surface area contributed by atoms with Gasteiger partial charge in [-0.25, -0.2) is 14.8 Å². The van der Waals surface area contributed by atoms with Gasteiger partial charge in [-0.2, -0.15) is 0 Å². The highest BCUT2D eigenvalue weighted by Crippen LogP contribution is 2.37. The van der Waals surface area contributed by atoms with Crippen molar-refractivity contribution in [2.24, 2.45) is 0 Å². The van der Waals surface area contributed by atoms with Gasteiger partial charge >= 0.3 is 5.97 Å². The SMILES string of the molecule is CCCOc1c(Br)cc(C(=O)OCc2nc(N)c3ccccc3n2)cc1OC. The van der Waals surface area contributed by atoms with E-state index in [9.17, 15) is 4.79 Å². The number of fused-ring (bicyclic) bond motifs is 1. The number of para-hydroxylation sites is 1. The van der Waals surface area contributed by atoms with E-state index >= 15 is 0 Å². The Balaban J connectivity index is 1.77. The van der Waals surface area contributed by atoms with Gasteiger partial charge in [0.15, 0.2) is 23.9 Å². The van der Waals surface area contributed by atoms with E-state index in [1.165, 1.54) is 7.11 Å². The lowest BCUT2D eigenvalue weighted by atomic mass is 10.2. The number of ether oxygens (including phenoxy) is 3. The van der Waals surface area contributed by atoms with Gasteiger partial charge < -0.3 is 19.9 Å². The lowest BCUT2D eigenvalue weighted by Gasteiger charge is -2.13. The van der Waals surface area contributed by atoms with Crippen LogP contribution in [0.25, 0.3) is 10.9 Å². The molecule has 0 aliphatic heterocycles. The number of hydrogen-bond donors (Lipinski definition) is 1. The molecule has 0 saturated heterocycles. The first-order chi connectivity index (χ1) is 13.5. The molecular formula is C20H20BrN3O4. The fraction of sp³-hybridized carbons (Fsp3) is 0.250. The number of carbonyl (C=O) groups excluding carboxylic acids is 1. The molecule has 7 nitrogen and oxygen atoms in total. The quantitative estimate of drug-likeness (QED) is 0.545. The number of halogens is 1.